The number of ketones is 1. The average Bonchev–Trinajstić information content (AvgIpc) is 2.52. The summed E-state index contributed by atoms with van der Waals surface area (Å²) in [5, 5.41) is 0. The van der Waals surface area contributed by atoms with E-state index in [1.54, 1.807) is 0 Å². The van der Waals surface area contributed by atoms with Gasteiger partial charge in [-0.25, -0.2) is 0 Å². The number of carbonyl (C=O) groups excluding carboxylic acids is 1. The van der Waals surface area contributed by atoms with Crippen LogP contribution in [0.3, 0.4) is 0 Å². The van der Waals surface area contributed by atoms with Crippen molar-refractivity contribution in [3.05, 3.63) is 70.8 Å². The summed E-state index contributed by atoms with van der Waals surface area (Å²) in [6, 6.07) is 9.49. The molecule has 0 saturated heterocycles. The summed E-state index contributed by atoms with van der Waals surface area (Å²) >= 11 is 0. The average molecular weight is 266 g/mol. The SMILES string of the molecule is CCCC/C(C)=C1/C=C(C(=O)c2ccccc2)C=CC1. The molecule has 1 heteroatoms. The van der Waals surface area contributed by atoms with Crippen molar-refractivity contribution >= 4 is 5.78 Å². The zero-order chi connectivity index (χ0) is 14.4. The standard InChI is InChI=1S/C19H22O/c1-3-4-9-15(2)17-12-8-13-18(14-17)19(20)16-10-6-5-7-11-16/h5-8,10-11,13-14H,3-4,9,12H2,1-2H3/b17-15+. The Kier molecular flexibility index (Phi) is 5.11. The Balaban J connectivity index is 2.22. The van der Waals surface area contributed by atoms with Crippen molar-refractivity contribution in [2.75, 3.05) is 0 Å². The Morgan fingerprint density at radius 3 is 2.65 bits per heavy atom. The van der Waals surface area contributed by atoms with Crippen LogP contribution in [0.25, 0.3) is 0 Å². The molecule has 0 aromatic heterocycles. The van der Waals surface area contributed by atoms with Crippen LogP contribution in [-0.2, 0) is 0 Å². The number of hydrogen-bond donors (Lipinski definition) is 0. The van der Waals surface area contributed by atoms with E-state index in [1.165, 1.54) is 24.0 Å². The molecule has 1 aliphatic carbocycles. The van der Waals surface area contributed by atoms with Crippen LogP contribution in [0.15, 0.2) is 65.3 Å². The highest BCUT2D eigenvalue weighted by Gasteiger charge is 2.13. The summed E-state index contributed by atoms with van der Waals surface area (Å²) in [7, 11) is 0. The summed E-state index contributed by atoms with van der Waals surface area (Å²) < 4.78 is 0. The summed E-state index contributed by atoms with van der Waals surface area (Å²) in [6.07, 6.45) is 10.6. The topological polar surface area (TPSA) is 17.1 Å². The van der Waals surface area contributed by atoms with E-state index in [1.807, 2.05) is 36.4 Å². The highest BCUT2D eigenvalue weighted by atomic mass is 16.1. The zero-order valence-corrected chi connectivity index (χ0v) is 12.4. The second-order valence-corrected chi connectivity index (χ2v) is 5.31. The summed E-state index contributed by atoms with van der Waals surface area (Å²) in [6.45, 7) is 4.39. The lowest BCUT2D eigenvalue weighted by Crippen LogP contribution is -2.04. The van der Waals surface area contributed by atoms with Gasteiger partial charge in [0.15, 0.2) is 5.78 Å². The Bertz CT molecular complexity index is 559. The quantitative estimate of drug-likeness (QED) is 0.664. The van der Waals surface area contributed by atoms with Crippen LogP contribution in [0.5, 0.6) is 0 Å². The van der Waals surface area contributed by atoms with Crippen molar-refractivity contribution in [3.8, 4) is 0 Å². The van der Waals surface area contributed by atoms with Crippen molar-refractivity contribution in [2.24, 2.45) is 0 Å². The molecule has 2 rings (SSSR count). The van der Waals surface area contributed by atoms with E-state index in [2.05, 4.69) is 26.0 Å². The number of allylic oxidation sites excluding steroid dienone is 6. The minimum absolute atomic E-state index is 0.113. The minimum atomic E-state index is 0.113. The van der Waals surface area contributed by atoms with Gasteiger partial charge in [0.25, 0.3) is 0 Å². The molecule has 0 aliphatic heterocycles. The van der Waals surface area contributed by atoms with Crippen LogP contribution in [0, 0.1) is 0 Å². The van der Waals surface area contributed by atoms with Gasteiger partial charge in [0, 0.05) is 11.1 Å². The van der Waals surface area contributed by atoms with Crippen molar-refractivity contribution in [2.45, 2.75) is 39.5 Å². The van der Waals surface area contributed by atoms with Gasteiger partial charge in [0.05, 0.1) is 0 Å². The molecule has 1 aliphatic rings. The molecule has 1 aromatic carbocycles. The monoisotopic (exact) mass is 266 g/mol. The maximum absolute atomic E-state index is 12.4. The van der Waals surface area contributed by atoms with Gasteiger partial charge in [-0.15, -0.1) is 0 Å². The third-order valence-corrected chi connectivity index (χ3v) is 3.72. The van der Waals surface area contributed by atoms with Crippen LogP contribution >= 0.6 is 0 Å². The van der Waals surface area contributed by atoms with E-state index >= 15 is 0 Å². The molecule has 0 spiro atoms. The van der Waals surface area contributed by atoms with E-state index in [9.17, 15) is 4.79 Å². The lowest BCUT2D eigenvalue weighted by atomic mass is 9.92. The minimum Gasteiger partial charge on any atom is -0.289 e. The van der Waals surface area contributed by atoms with Gasteiger partial charge in [-0.1, -0.05) is 61.4 Å². The Morgan fingerprint density at radius 1 is 1.20 bits per heavy atom. The van der Waals surface area contributed by atoms with Gasteiger partial charge in [-0.2, -0.15) is 0 Å². The smallest absolute Gasteiger partial charge is 0.193 e. The molecular weight excluding hydrogens is 244 g/mol. The molecule has 0 heterocycles. The van der Waals surface area contributed by atoms with Crippen LogP contribution in [-0.4, -0.2) is 5.78 Å². The molecule has 0 fully saturated rings. The number of carbonyl (C=O) groups is 1. The molecule has 0 unspecified atom stereocenters. The summed E-state index contributed by atoms with van der Waals surface area (Å²) in [5.41, 5.74) is 4.28. The first-order chi connectivity index (χ1) is 9.72. The van der Waals surface area contributed by atoms with Gasteiger partial charge < -0.3 is 0 Å². The van der Waals surface area contributed by atoms with Crippen LogP contribution < -0.4 is 0 Å². The normalized spacial score (nSPS) is 16.8. The van der Waals surface area contributed by atoms with Crippen molar-refractivity contribution < 1.29 is 4.79 Å². The fourth-order valence-corrected chi connectivity index (χ4v) is 2.40. The highest BCUT2D eigenvalue weighted by molar-refractivity contribution is 6.11. The van der Waals surface area contributed by atoms with E-state index in [0.717, 1.165) is 24.0 Å². The van der Waals surface area contributed by atoms with E-state index in [-0.39, 0.29) is 5.78 Å². The van der Waals surface area contributed by atoms with Gasteiger partial charge in [0.2, 0.25) is 0 Å². The predicted molar refractivity (Wildman–Crippen MR) is 84.8 cm³/mol. The number of Topliss-reactive ketones (excluding diaryl/α,β-unsaturated/α-hetero) is 1. The molecule has 0 radical (unpaired) electrons. The number of hydrogen-bond acceptors (Lipinski definition) is 1. The van der Waals surface area contributed by atoms with Crippen molar-refractivity contribution in [1.82, 2.24) is 0 Å². The van der Waals surface area contributed by atoms with E-state index in [4.69, 9.17) is 0 Å². The molecule has 1 aromatic rings. The fourth-order valence-electron chi connectivity index (χ4n) is 2.40. The fraction of sp³-hybridized carbons (Fsp3) is 0.316. The first-order valence-electron chi connectivity index (χ1n) is 7.39. The highest BCUT2D eigenvalue weighted by Crippen LogP contribution is 2.24. The summed E-state index contributed by atoms with van der Waals surface area (Å²) in [5.74, 6) is 0.113. The van der Waals surface area contributed by atoms with Gasteiger partial charge >= 0.3 is 0 Å². The molecule has 0 amide bonds. The van der Waals surface area contributed by atoms with Crippen molar-refractivity contribution in [1.29, 1.82) is 0 Å². The lowest BCUT2D eigenvalue weighted by molar-refractivity contribution is 0.103. The van der Waals surface area contributed by atoms with Crippen LogP contribution in [0.2, 0.25) is 0 Å². The van der Waals surface area contributed by atoms with Crippen LogP contribution in [0.1, 0.15) is 49.9 Å². The zero-order valence-electron chi connectivity index (χ0n) is 12.4. The van der Waals surface area contributed by atoms with Gasteiger partial charge in [-0.05, 0) is 37.8 Å². The lowest BCUT2D eigenvalue weighted by Gasteiger charge is -2.12. The van der Waals surface area contributed by atoms with Gasteiger partial charge in [0.1, 0.15) is 0 Å². The van der Waals surface area contributed by atoms with E-state index in [0.29, 0.717) is 0 Å². The molecule has 20 heavy (non-hydrogen) atoms. The second kappa shape index (κ2) is 7.04. The third-order valence-electron chi connectivity index (χ3n) is 3.72. The predicted octanol–water partition coefficient (Wildman–Crippen LogP) is 5.26. The maximum Gasteiger partial charge on any atom is 0.193 e. The van der Waals surface area contributed by atoms with E-state index < -0.39 is 0 Å². The Hall–Kier alpha value is -1.89. The molecule has 0 atom stereocenters. The first kappa shape index (κ1) is 14.5. The molecular formula is C19H22O. The molecule has 1 nitrogen and oxygen atoms in total. The van der Waals surface area contributed by atoms with Crippen LogP contribution in [0.4, 0.5) is 0 Å². The number of benzene rings is 1. The molecule has 104 valence electrons. The molecule has 0 N–H and O–H groups in total. The third kappa shape index (κ3) is 3.57. The summed E-state index contributed by atoms with van der Waals surface area (Å²) in [4.78, 5) is 12.4. The first-order valence-corrected chi connectivity index (χ1v) is 7.39. The maximum atomic E-state index is 12.4. The number of unbranched alkanes of at least 4 members (excludes halogenated alkanes) is 1. The number of rotatable bonds is 5. The second-order valence-electron chi connectivity index (χ2n) is 5.31. The largest absolute Gasteiger partial charge is 0.289 e. The molecule has 0 bridgehead atoms. The van der Waals surface area contributed by atoms with Gasteiger partial charge in [-0.3, -0.25) is 4.79 Å². The molecule has 0 saturated carbocycles. The van der Waals surface area contributed by atoms with Crippen molar-refractivity contribution in [3.63, 3.8) is 0 Å². The Morgan fingerprint density at radius 2 is 1.95 bits per heavy atom. The Labute approximate surface area is 121 Å².